The molecule has 4 rings (SSSR count). The van der Waals surface area contributed by atoms with Gasteiger partial charge in [0.2, 0.25) is 0 Å². The summed E-state index contributed by atoms with van der Waals surface area (Å²) in [6, 6.07) is 14.1. The van der Waals surface area contributed by atoms with Gasteiger partial charge in [0.1, 0.15) is 29.6 Å². The molecule has 0 atom stereocenters. The Balaban J connectivity index is 1.80. The first-order valence-electron chi connectivity index (χ1n) is 9.58. The molecule has 0 unspecified atom stereocenters. The second-order valence-corrected chi connectivity index (χ2v) is 14.4. The van der Waals surface area contributed by atoms with E-state index in [1.54, 1.807) is 10.7 Å². The minimum atomic E-state index is -1.19. The molecule has 2 aromatic carbocycles. The van der Waals surface area contributed by atoms with Gasteiger partial charge in [-0.1, -0.05) is 49.4 Å². The minimum absolute atomic E-state index is 0.227. The Bertz CT molecular complexity index is 1070. The summed E-state index contributed by atoms with van der Waals surface area (Å²) in [7, 11) is -1.19. The van der Waals surface area contributed by atoms with Crippen LogP contribution in [0.4, 0.5) is 0 Å². The Labute approximate surface area is 176 Å². The van der Waals surface area contributed by atoms with Crippen LogP contribution in [-0.2, 0) is 11.5 Å². The maximum absolute atomic E-state index is 12.1. The van der Waals surface area contributed by atoms with Crippen molar-refractivity contribution < 1.29 is 14.3 Å². The zero-order chi connectivity index (χ0) is 20.6. The zero-order valence-electron chi connectivity index (χ0n) is 16.7. The standard InChI is InChI=1S/C22H23ClN2O3Si/c1-29(2,3)11-10-27-14-25-18(13-26)21-16-6-4-5-7-19(16)28-20-9-8-15(23)12-17(20)22(21)24-25/h4-9,12-13H,10-11,14H2,1-3H3. The van der Waals surface area contributed by atoms with Crippen molar-refractivity contribution in [2.45, 2.75) is 32.4 Å². The Morgan fingerprint density at radius 2 is 1.90 bits per heavy atom. The molecule has 29 heavy (non-hydrogen) atoms. The molecule has 1 aromatic heterocycles. The van der Waals surface area contributed by atoms with Crippen LogP contribution in [0.1, 0.15) is 10.5 Å². The number of ether oxygens (including phenoxy) is 2. The van der Waals surface area contributed by atoms with E-state index in [1.165, 1.54) is 0 Å². The van der Waals surface area contributed by atoms with Crippen molar-refractivity contribution in [3.8, 4) is 33.9 Å². The van der Waals surface area contributed by atoms with E-state index in [-0.39, 0.29) is 6.73 Å². The predicted molar refractivity (Wildman–Crippen MR) is 118 cm³/mol. The lowest BCUT2D eigenvalue weighted by molar-refractivity contribution is 0.0755. The van der Waals surface area contributed by atoms with Gasteiger partial charge in [-0.15, -0.1) is 0 Å². The SMILES string of the molecule is C[Si](C)(C)CCOCn1nc2c(c1C=O)-c1ccccc1Oc1ccc(Cl)cc1-2. The van der Waals surface area contributed by atoms with E-state index in [4.69, 9.17) is 26.2 Å². The molecule has 150 valence electrons. The highest BCUT2D eigenvalue weighted by molar-refractivity contribution is 6.76. The van der Waals surface area contributed by atoms with Crippen LogP contribution in [0.15, 0.2) is 42.5 Å². The summed E-state index contributed by atoms with van der Waals surface area (Å²) in [5.74, 6) is 1.33. The number of fused-ring (bicyclic) bond motifs is 5. The van der Waals surface area contributed by atoms with Gasteiger partial charge in [-0.2, -0.15) is 5.10 Å². The number of nitrogens with zero attached hydrogens (tertiary/aromatic N) is 2. The molecule has 0 aliphatic carbocycles. The Morgan fingerprint density at radius 1 is 1.14 bits per heavy atom. The predicted octanol–water partition coefficient (Wildman–Crippen LogP) is 6.10. The Morgan fingerprint density at radius 3 is 2.66 bits per heavy atom. The fraction of sp³-hybridized carbons (Fsp3) is 0.273. The second kappa shape index (κ2) is 7.78. The number of para-hydroxylation sites is 1. The van der Waals surface area contributed by atoms with Crippen molar-refractivity contribution in [3.63, 3.8) is 0 Å². The number of halogens is 1. The minimum Gasteiger partial charge on any atom is -0.456 e. The number of carbonyl (C=O) groups is 1. The fourth-order valence-corrected chi connectivity index (χ4v) is 4.26. The lowest BCUT2D eigenvalue weighted by Gasteiger charge is -2.15. The number of benzene rings is 2. The highest BCUT2D eigenvalue weighted by Crippen LogP contribution is 2.47. The van der Waals surface area contributed by atoms with Crippen molar-refractivity contribution in [3.05, 3.63) is 53.2 Å². The summed E-state index contributed by atoms with van der Waals surface area (Å²) >= 11 is 6.25. The van der Waals surface area contributed by atoms with Crippen molar-refractivity contribution in [2.75, 3.05) is 6.61 Å². The molecule has 2 heterocycles. The van der Waals surface area contributed by atoms with E-state index in [9.17, 15) is 4.79 Å². The van der Waals surface area contributed by atoms with E-state index < -0.39 is 8.07 Å². The number of carbonyl (C=O) groups excluding carboxylic acids is 1. The Kier molecular flexibility index (Phi) is 5.33. The summed E-state index contributed by atoms with van der Waals surface area (Å²) in [5, 5.41) is 5.31. The van der Waals surface area contributed by atoms with Gasteiger partial charge in [0.25, 0.3) is 0 Å². The summed E-state index contributed by atoms with van der Waals surface area (Å²) in [5.41, 5.74) is 3.46. The molecule has 1 aliphatic rings. The molecule has 3 aromatic rings. The van der Waals surface area contributed by atoms with Gasteiger partial charge < -0.3 is 9.47 Å². The third-order valence-electron chi connectivity index (χ3n) is 4.89. The molecule has 0 spiro atoms. The van der Waals surface area contributed by atoms with Crippen LogP contribution in [0.25, 0.3) is 22.4 Å². The molecule has 5 nitrogen and oxygen atoms in total. The van der Waals surface area contributed by atoms with Crippen LogP contribution < -0.4 is 4.74 Å². The summed E-state index contributed by atoms with van der Waals surface area (Å²) < 4.78 is 13.6. The maximum atomic E-state index is 12.1. The molecule has 0 N–H and O–H groups in total. The molecule has 0 fully saturated rings. The molecule has 0 saturated carbocycles. The number of aromatic nitrogens is 2. The summed E-state index contributed by atoms with van der Waals surface area (Å²) in [4.78, 5) is 12.1. The van der Waals surface area contributed by atoms with Crippen molar-refractivity contribution in [1.82, 2.24) is 9.78 Å². The molecule has 0 saturated heterocycles. The van der Waals surface area contributed by atoms with Gasteiger partial charge in [-0.3, -0.25) is 4.79 Å². The third-order valence-corrected chi connectivity index (χ3v) is 6.83. The number of rotatable bonds is 6. The normalized spacial score (nSPS) is 12.4. The van der Waals surface area contributed by atoms with Gasteiger partial charge in [-0.05, 0) is 30.3 Å². The number of aldehydes is 1. The molecule has 0 radical (unpaired) electrons. The zero-order valence-corrected chi connectivity index (χ0v) is 18.5. The van der Waals surface area contributed by atoms with Gasteiger partial charge in [0.05, 0.1) is 0 Å². The summed E-state index contributed by atoms with van der Waals surface area (Å²) in [6.45, 7) is 7.80. The topological polar surface area (TPSA) is 53.4 Å². The van der Waals surface area contributed by atoms with Crippen molar-refractivity contribution in [2.24, 2.45) is 0 Å². The van der Waals surface area contributed by atoms with Crippen molar-refractivity contribution in [1.29, 1.82) is 0 Å². The van der Waals surface area contributed by atoms with Crippen LogP contribution in [0.2, 0.25) is 30.7 Å². The molecule has 0 bridgehead atoms. The lowest BCUT2D eigenvalue weighted by Crippen LogP contribution is -2.22. The van der Waals surface area contributed by atoms with Crippen LogP contribution in [0, 0.1) is 0 Å². The first kappa shape index (κ1) is 19.9. The van der Waals surface area contributed by atoms with E-state index in [2.05, 4.69) is 19.6 Å². The first-order valence-corrected chi connectivity index (χ1v) is 13.7. The van der Waals surface area contributed by atoms with Gasteiger partial charge in [0.15, 0.2) is 6.29 Å². The highest BCUT2D eigenvalue weighted by atomic mass is 35.5. The number of hydrogen-bond acceptors (Lipinski definition) is 4. The molecule has 7 heteroatoms. The van der Waals surface area contributed by atoms with Crippen molar-refractivity contribution >= 4 is 26.0 Å². The second-order valence-electron chi connectivity index (χ2n) is 8.31. The maximum Gasteiger partial charge on any atom is 0.168 e. The first-order chi connectivity index (χ1) is 13.9. The quantitative estimate of drug-likeness (QED) is 0.212. The molecule has 1 aliphatic heterocycles. The van der Waals surface area contributed by atoms with Crippen LogP contribution in [0.3, 0.4) is 0 Å². The van der Waals surface area contributed by atoms with Crippen LogP contribution in [-0.4, -0.2) is 30.7 Å². The molecule has 0 amide bonds. The molecular weight excluding hydrogens is 404 g/mol. The van der Waals surface area contributed by atoms with E-state index >= 15 is 0 Å². The van der Waals surface area contributed by atoms with E-state index in [1.807, 2.05) is 36.4 Å². The van der Waals surface area contributed by atoms with Crippen LogP contribution in [0.5, 0.6) is 11.5 Å². The van der Waals surface area contributed by atoms with Gasteiger partial charge >= 0.3 is 0 Å². The average Bonchev–Trinajstić information content (AvgIpc) is 2.98. The Hall–Kier alpha value is -2.41. The lowest BCUT2D eigenvalue weighted by atomic mass is 9.99. The van der Waals surface area contributed by atoms with Gasteiger partial charge in [0, 0.05) is 36.4 Å². The average molecular weight is 427 g/mol. The summed E-state index contributed by atoms with van der Waals surface area (Å²) in [6.07, 6.45) is 0.833. The van der Waals surface area contributed by atoms with E-state index in [0.29, 0.717) is 34.5 Å². The number of hydrogen-bond donors (Lipinski definition) is 0. The van der Waals surface area contributed by atoms with Gasteiger partial charge in [-0.25, -0.2) is 4.68 Å². The molecular formula is C22H23ClN2O3Si. The monoisotopic (exact) mass is 426 g/mol. The smallest absolute Gasteiger partial charge is 0.168 e. The highest BCUT2D eigenvalue weighted by Gasteiger charge is 2.28. The van der Waals surface area contributed by atoms with E-state index in [0.717, 1.165) is 29.0 Å². The largest absolute Gasteiger partial charge is 0.456 e. The third kappa shape index (κ3) is 4.01. The van der Waals surface area contributed by atoms with Crippen LogP contribution >= 0.6 is 11.6 Å². The fourth-order valence-electron chi connectivity index (χ4n) is 3.33.